The number of H-pyrrole nitrogens is 1. The largest absolute Gasteiger partial charge is 0.507 e. The van der Waals surface area contributed by atoms with Gasteiger partial charge in [0.15, 0.2) is 11.2 Å². The number of carboxylic acids is 1. The van der Waals surface area contributed by atoms with Crippen LogP contribution in [0.3, 0.4) is 0 Å². The zero-order chi connectivity index (χ0) is 26.7. The number of aliphatic hydroxyl groups excluding tert-OH is 1. The Labute approximate surface area is 216 Å². The van der Waals surface area contributed by atoms with E-state index in [1.165, 1.54) is 23.7 Å². The van der Waals surface area contributed by atoms with Gasteiger partial charge in [-0.1, -0.05) is 34.1 Å². The average Bonchev–Trinajstić information content (AvgIpc) is 3.22. The molecule has 4 aromatic rings. The highest BCUT2D eigenvalue weighted by Gasteiger charge is 2.21. The lowest BCUT2D eigenvalue weighted by molar-refractivity contribution is 0.0693. The van der Waals surface area contributed by atoms with E-state index in [0.717, 1.165) is 10.8 Å². The molecule has 2 heterocycles. The molecule has 0 spiro atoms. The third-order valence-electron chi connectivity index (χ3n) is 5.33. The fraction of sp³-hybridized carbons (Fsp3) is 0.174. The Balaban J connectivity index is 1.68. The van der Waals surface area contributed by atoms with E-state index in [1.807, 2.05) is 6.07 Å². The number of aromatic nitrogens is 4. The van der Waals surface area contributed by atoms with Crippen LogP contribution in [0.15, 0.2) is 61.6 Å². The molecule has 0 amide bonds. The van der Waals surface area contributed by atoms with Gasteiger partial charge in [0.25, 0.3) is 5.56 Å². The first-order valence-corrected chi connectivity index (χ1v) is 11.6. The van der Waals surface area contributed by atoms with Crippen LogP contribution in [0, 0.1) is 0 Å². The summed E-state index contributed by atoms with van der Waals surface area (Å²) in [6.45, 7) is -0.257. The van der Waals surface area contributed by atoms with E-state index in [1.54, 1.807) is 24.3 Å². The van der Waals surface area contributed by atoms with Gasteiger partial charge in [0.1, 0.15) is 29.8 Å². The molecule has 1 atom stereocenters. The number of nitrogens with zero attached hydrogens (tertiary/aromatic N) is 4. The van der Waals surface area contributed by atoms with Crippen molar-refractivity contribution in [3.63, 3.8) is 0 Å². The number of aromatic carboxylic acids is 1. The molecule has 192 valence electrons. The van der Waals surface area contributed by atoms with Gasteiger partial charge in [0, 0.05) is 17.1 Å². The lowest BCUT2D eigenvalue weighted by Gasteiger charge is -2.15. The SMILES string of the molecule is Cn1c(=O)[nH]c(=O)c2c1nc(NN=Cc1c(Br)ccc(O)c1C(=O)O)n2CC(O)COc1ccccc1. The van der Waals surface area contributed by atoms with Crippen molar-refractivity contribution in [2.24, 2.45) is 12.1 Å². The second-order valence-electron chi connectivity index (χ2n) is 7.84. The highest BCUT2D eigenvalue weighted by atomic mass is 79.9. The Bertz CT molecular complexity index is 1610. The number of imidazole rings is 1. The normalized spacial score (nSPS) is 12.2. The van der Waals surface area contributed by atoms with Crippen molar-refractivity contribution < 1.29 is 24.9 Å². The average molecular weight is 573 g/mol. The summed E-state index contributed by atoms with van der Waals surface area (Å²) in [7, 11) is 1.42. The zero-order valence-corrected chi connectivity index (χ0v) is 20.8. The van der Waals surface area contributed by atoms with Gasteiger partial charge in [-0.05, 0) is 24.3 Å². The van der Waals surface area contributed by atoms with E-state index in [-0.39, 0.29) is 41.4 Å². The van der Waals surface area contributed by atoms with E-state index in [4.69, 9.17) is 4.74 Å². The predicted octanol–water partition coefficient (Wildman–Crippen LogP) is 1.48. The molecule has 2 aromatic heterocycles. The Morgan fingerprint density at radius 1 is 1.27 bits per heavy atom. The number of anilines is 1. The number of rotatable bonds is 9. The molecule has 2 aromatic carbocycles. The van der Waals surface area contributed by atoms with Crippen LogP contribution in [0.1, 0.15) is 15.9 Å². The number of aliphatic hydroxyl groups is 1. The van der Waals surface area contributed by atoms with Gasteiger partial charge in [0.05, 0.1) is 12.8 Å². The van der Waals surface area contributed by atoms with Crippen LogP contribution < -0.4 is 21.4 Å². The van der Waals surface area contributed by atoms with Gasteiger partial charge in [-0.25, -0.2) is 15.0 Å². The summed E-state index contributed by atoms with van der Waals surface area (Å²) in [5, 5.41) is 34.1. The van der Waals surface area contributed by atoms with E-state index < -0.39 is 29.1 Å². The fourth-order valence-corrected chi connectivity index (χ4v) is 3.99. The maximum atomic E-state index is 12.6. The summed E-state index contributed by atoms with van der Waals surface area (Å²) in [5.41, 5.74) is 0.959. The van der Waals surface area contributed by atoms with Crippen molar-refractivity contribution in [2.75, 3.05) is 12.0 Å². The first-order chi connectivity index (χ1) is 17.7. The number of nitrogens with one attached hydrogen (secondary N) is 2. The number of halogens is 1. The summed E-state index contributed by atoms with van der Waals surface area (Å²) in [6, 6.07) is 11.5. The molecule has 4 rings (SSSR count). The number of hydrogen-bond donors (Lipinski definition) is 5. The molecule has 0 saturated carbocycles. The number of aromatic hydroxyl groups is 1. The summed E-state index contributed by atoms with van der Waals surface area (Å²) >= 11 is 3.23. The second-order valence-corrected chi connectivity index (χ2v) is 8.70. The van der Waals surface area contributed by atoms with E-state index >= 15 is 0 Å². The van der Waals surface area contributed by atoms with Crippen molar-refractivity contribution in [3.8, 4) is 11.5 Å². The van der Waals surface area contributed by atoms with Crippen molar-refractivity contribution in [3.05, 3.63) is 78.9 Å². The van der Waals surface area contributed by atoms with Gasteiger partial charge in [0.2, 0.25) is 5.95 Å². The number of aryl methyl sites for hydroxylation is 1. The van der Waals surface area contributed by atoms with E-state index in [9.17, 15) is 29.7 Å². The molecule has 37 heavy (non-hydrogen) atoms. The molecule has 0 radical (unpaired) electrons. The van der Waals surface area contributed by atoms with Crippen LogP contribution in [-0.2, 0) is 13.6 Å². The predicted molar refractivity (Wildman–Crippen MR) is 138 cm³/mol. The van der Waals surface area contributed by atoms with Gasteiger partial charge in [-0.15, -0.1) is 0 Å². The third kappa shape index (κ3) is 5.39. The van der Waals surface area contributed by atoms with Gasteiger partial charge < -0.3 is 24.6 Å². The molecular formula is C23H21BrN6O7. The number of fused-ring (bicyclic) bond motifs is 1. The first kappa shape index (κ1) is 25.7. The molecule has 0 bridgehead atoms. The van der Waals surface area contributed by atoms with Crippen molar-refractivity contribution in [2.45, 2.75) is 12.6 Å². The maximum absolute atomic E-state index is 12.6. The molecule has 14 heteroatoms. The summed E-state index contributed by atoms with van der Waals surface area (Å²) in [6.07, 6.45) is 0.0624. The molecule has 0 saturated heterocycles. The number of hydrogen-bond acceptors (Lipinski definition) is 9. The number of carbonyl (C=O) groups is 1. The summed E-state index contributed by atoms with van der Waals surface area (Å²) in [4.78, 5) is 42.8. The zero-order valence-electron chi connectivity index (χ0n) is 19.3. The molecule has 1 unspecified atom stereocenters. The molecule has 13 nitrogen and oxygen atoms in total. The fourth-order valence-electron chi connectivity index (χ4n) is 3.56. The number of ether oxygens (including phenoxy) is 1. The second kappa shape index (κ2) is 10.7. The molecule has 0 aliphatic heterocycles. The van der Waals surface area contributed by atoms with Crippen molar-refractivity contribution in [1.29, 1.82) is 0 Å². The van der Waals surface area contributed by atoms with Crippen LogP contribution >= 0.6 is 15.9 Å². The number of carboxylic acid groups (broad SMARTS) is 1. The number of para-hydroxylation sites is 1. The summed E-state index contributed by atoms with van der Waals surface area (Å²) < 4.78 is 8.40. The van der Waals surface area contributed by atoms with Crippen LogP contribution in [-0.4, -0.2) is 59.3 Å². The van der Waals surface area contributed by atoms with Crippen LogP contribution in [0.25, 0.3) is 11.2 Å². The molecule has 0 aliphatic carbocycles. The minimum absolute atomic E-state index is 0.00308. The Hall–Kier alpha value is -4.43. The van der Waals surface area contributed by atoms with E-state index in [0.29, 0.717) is 10.2 Å². The number of phenols is 1. The molecule has 0 aliphatic rings. The van der Waals surface area contributed by atoms with Crippen molar-refractivity contribution in [1.82, 2.24) is 19.1 Å². The first-order valence-electron chi connectivity index (χ1n) is 10.8. The Morgan fingerprint density at radius 2 is 2.00 bits per heavy atom. The van der Waals surface area contributed by atoms with Gasteiger partial charge >= 0.3 is 11.7 Å². The van der Waals surface area contributed by atoms with Crippen LogP contribution in [0.2, 0.25) is 0 Å². The third-order valence-corrected chi connectivity index (χ3v) is 6.02. The number of aromatic amines is 1. The number of benzene rings is 2. The molecule has 0 fully saturated rings. The maximum Gasteiger partial charge on any atom is 0.340 e. The lowest BCUT2D eigenvalue weighted by atomic mass is 10.1. The molecule has 5 N–H and O–H groups in total. The highest BCUT2D eigenvalue weighted by molar-refractivity contribution is 9.10. The van der Waals surface area contributed by atoms with Crippen LogP contribution in [0.4, 0.5) is 5.95 Å². The standard InChI is InChI=1S/C23H21BrN6O7/c1-29-19-18(20(33)27-23(29)36)30(10-12(31)11-37-13-5-3-2-4-6-13)22(26-19)28-25-9-14-15(24)7-8-16(32)17(14)21(34)35/h2-9,12,31-32H,10-11H2,1H3,(H,26,28)(H,34,35)(H,27,33,36). The minimum Gasteiger partial charge on any atom is -0.507 e. The van der Waals surface area contributed by atoms with Crippen LogP contribution in [0.5, 0.6) is 11.5 Å². The smallest absolute Gasteiger partial charge is 0.340 e. The van der Waals surface area contributed by atoms with E-state index in [2.05, 4.69) is 36.4 Å². The lowest BCUT2D eigenvalue weighted by Crippen LogP contribution is -2.30. The molecular weight excluding hydrogens is 552 g/mol. The quantitative estimate of drug-likeness (QED) is 0.146. The van der Waals surface area contributed by atoms with Gasteiger partial charge in [-0.3, -0.25) is 14.3 Å². The number of hydrazone groups is 1. The van der Waals surface area contributed by atoms with Gasteiger partial charge in [-0.2, -0.15) is 10.1 Å². The topological polar surface area (TPSA) is 184 Å². The highest BCUT2D eigenvalue weighted by Crippen LogP contribution is 2.27. The van der Waals surface area contributed by atoms with Crippen molar-refractivity contribution >= 4 is 45.2 Å². The minimum atomic E-state index is -1.37. The summed E-state index contributed by atoms with van der Waals surface area (Å²) in [5.74, 6) is -1.28. The Morgan fingerprint density at radius 3 is 2.70 bits per heavy atom. The monoisotopic (exact) mass is 572 g/mol. The Kier molecular flexibility index (Phi) is 7.40.